The molecule has 0 spiro atoms. The summed E-state index contributed by atoms with van der Waals surface area (Å²) in [5.74, 6) is -1.01. The second-order valence-electron chi connectivity index (χ2n) is 5.22. The molecule has 0 heterocycles. The van der Waals surface area contributed by atoms with Gasteiger partial charge < -0.3 is 15.5 Å². The molecule has 0 saturated carbocycles. The van der Waals surface area contributed by atoms with Crippen molar-refractivity contribution in [3.05, 3.63) is 34.9 Å². The maximum atomic E-state index is 12.2. The molecule has 0 aliphatic carbocycles. The van der Waals surface area contributed by atoms with E-state index in [-0.39, 0.29) is 18.4 Å². The molecule has 0 aliphatic rings. The average Bonchev–Trinajstić information content (AvgIpc) is 2.52. The van der Waals surface area contributed by atoms with Crippen LogP contribution < -0.4 is 10.6 Å². The molecule has 3 amide bonds. The van der Waals surface area contributed by atoms with Gasteiger partial charge in [-0.2, -0.15) is 0 Å². The summed E-state index contributed by atoms with van der Waals surface area (Å²) in [5.41, 5.74) is 0.303. The summed E-state index contributed by atoms with van der Waals surface area (Å²) in [6.07, 6.45) is 0.827. The molecule has 1 aromatic carbocycles. The standard InChI is InChI=1S/C16H22ClN3O3/c1-4-9-18-14(21)10-20(3)16(23)11(2)19-15(22)12-7-5-6-8-13(12)17/h5-8,11H,4,9-10H2,1-3H3,(H,18,21)(H,19,22)/t11-/m0/s1. The molecule has 7 heteroatoms. The van der Waals surface area contributed by atoms with E-state index >= 15 is 0 Å². The lowest BCUT2D eigenvalue weighted by molar-refractivity contribution is -0.135. The van der Waals surface area contributed by atoms with Gasteiger partial charge in [-0.3, -0.25) is 14.4 Å². The number of likely N-dealkylation sites (N-methyl/N-ethyl adjacent to an activating group) is 1. The number of hydrogen-bond acceptors (Lipinski definition) is 3. The largest absolute Gasteiger partial charge is 0.355 e. The second-order valence-corrected chi connectivity index (χ2v) is 5.63. The molecule has 23 heavy (non-hydrogen) atoms. The highest BCUT2D eigenvalue weighted by atomic mass is 35.5. The Morgan fingerprint density at radius 3 is 2.52 bits per heavy atom. The zero-order valence-electron chi connectivity index (χ0n) is 13.6. The number of amides is 3. The predicted molar refractivity (Wildman–Crippen MR) is 89.3 cm³/mol. The van der Waals surface area contributed by atoms with Crippen LogP contribution in [0, 0.1) is 0 Å². The first-order valence-corrected chi connectivity index (χ1v) is 7.81. The lowest BCUT2D eigenvalue weighted by atomic mass is 10.2. The molecule has 0 radical (unpaired) electrons. The second kappa shape index (κ2) is 9.15. The third kappa shape index (κ3) is 5.90. The van der Waals surface area contributed by atoms with Crippen LogP contribution in [0.4, 0.5) is 0 Å². The van der Waals surface area contributed by atoms with E-state index in [2.05, 4.69) is 10.6 Å². The van der Waals surface area contributed by atoms with Crippen LogP contribution >= 0.6 is 11.6 Å². The minimum Gasteiger partial charge on any atom is -0.355 e. The molecule has 6 nitrogen and oxygen atoms in total. The molecule has 0 unspecified atom stereocenters. The molecule has 0 saturated heterocycles. The van der Waals surface area contributed by atoms with Gasteiger partial charge in [0, 0.05) is 13.6 Å². The van der Waals surface area contributed by atoms with Crippen molar-refractivity contribution in [1.82, 2.24) is 15.5 Å². The zero-order chi connectivity index (χ0) is 17.4. The smallest absolute Gasteiger partial charge is 0.253 e. The normalized spacial score (nSPS) is 11.5. The van der Waals surface area contributed by atoms with Crippen LogP contribution in [-0.2, 0) is 9.59 Å². The fraction of sp³-hybridized carbons (Fsp3) is 0.438. The van der Waals surface area contributed by atoms with E-state index in [0.29, 0.717) is 17.1 Å². The molecule has 1 aromatic rings. The van der Waals surface area contributed by atoms with Crippen LogP contribution in [0.3, 0.4) is 0 Å². The SMILES string of the molecule is CCCNC(=O)CN(C)C(=O)[C@H](C)NC(=O)c1ccccc1Cl. The Bertz CT molecular complexity index is 577. The quantitative estimate of drug-likeness (QED) is 0.789. The molecule has 126 valence electrons. The van der Waals surface area contributed by atoms with E-state index in [0.717, 1.165) is 6.42 Å². The fourth-order valence-corrected chi connectivity index (χ4v) is 2.15. The molecule has 0 bridgehead atoms. The highest BCUT2D eigenvalue weighted by Gasteiger charge is 2.22. The molecule has 0 fully saturated rings. The summed E-state index contributed by atoms with van der Waals surface area (Å²) in [5, 5.41) is 5.60. The maximum Gasteiger partial charge on any atom is 0.253 e. The molecule has 1 rings (SSSR count). The van der Waals surface area contributed by atoms with Gasteiger partial charge in [0.1, 0.15) is 6.04 Å². The number of benzene rings is 1. The summed E-state index contributed by atoms with van der Waals surface area (Å²) in [7, 11) is 1.52. The van der Waals surface area contributed by atoms with Crippen LogP contribution in [0.25, 0.3) is 0 Å². The monoisotopic (exact) mass is 339 g/mol. The maximum absolute atomic E-state index is 12.2. The van der Waals surface area contributed by atoms with Crippen molar-refractivity contribution in [2.75, 3.05) is 20.1 Å². The fourth-order valence-electron chi connectivity index (χ4n) is 1.93. The molecule has 0 aliphatic heterocycles. The summed E-state index contributed by atoms with van der Waals surface area (Å²) >= 11 is 5.95. The third-order valence-corrected chi connectivity index (χ3v) is 3.50. The number of hydrogen-bond donors (Lipinski definition) is 2. The lowest BCUT2D eigenvalue weighted by Gasteiger charge is -2.21. The van der Waals surface area contributed by atoms with E-state index in [1.54, 1.807) is 31.2 Å². The summed E-state index contributed by atoms with van der Waals surface area (Å²) < 4.78 is 0. The van der Waals surface area contributed by atoms with E-state index < -0.39 is 11.9 Å². The Morgan fingerprint density at radius 2 is 1.91 bits per heavy atom. The van der Waals surface area contributed by atoms with Gasteiger partial charge in [-0.05, 0) is 25.5 Å². The first-order valence-electron chi connectivity index (χ1n) is 7.43. The van der Waals surface area contributed by atoms with Gasteiger partial charge in [-0.1, -0.05) is 30.7 Å². The van der Waals surface area contributed by atoms with Crippen LogP contribution in [0.15, 0.2) is 24.3 Å². The Labute approximate surface area is 141 Å². The molecule has 1 atom stereocenters. The number of nitrogens with one attached hydrogen (secondary N) is 2. The van der Waals surface area contributed by atoms with Gasteiger partial charge in [0.05, 0.1) is 17.1 Å². The van der Waals surface area contributed by atoms with E-state index in [1.165, 1.54) is 11.9 Å². The van der Waals surface area contributed by atoms with Crippen molar-refractivity contribution in [3.8, 4) is 0 Å². The minimum absolute atomic E-state index is 0.0505. The number of rotatable bonds is 7. The highest BCUT2D eigenvalue weighted by molar-refractivity contribution is 6.33. The zero-order valence-corrected chi connectivity index (χ0v) is 14.3. The first kappa shape index (κ1) is 19.0. The number of carbonyl (C=O) groups is 3. The lowest BCUT2D eigenvalue weighted by Crippen LogP contribution is -2.48. The number of carbonyl (C=O) groups excluding carboxylic acids is 3. The van der Waals surface area contributed by atoms with Crippen molar-refractivity contribution in [2.24, 2.45) is 0 Å². The van der Waals surface area contributed by atoms with Crippen LogP contribution in [-0.4, -0.2) is 48.8 Å². The van der Waals surface area contributed by atoms with Gasteiger partial charge in [0.2, 0.25) is 11.8 Å². The highest BCUT2D eigenvalue weighted by Crippen LogP contribution is 2.14. The average molecular weight is 340 g/mol. The Balaban J connectivity index is 2.58. The first-order chi connectivity index (χ1) is 10.9. The van der Waals surface area contributed by atoms with Crippen molar-refractivity contribution in [3.63, 3.8) is 0 Å². The Hall–Kier alpha value is -2.08. The van der Waals surface area contributed by atoms with Gasteiger partial charge in [-0.15, -0.1) is 0 Å². The van der Waals surface area contributed by atoms with Gasteiger partial charge in [-0.25, -0.2) is 0 Å². The van der Waals surface area contributed by atoms with Gasteiger partial charge in [0.15, 0.2) is 0 Å². The van der Waals surface area contributed by atoms with E-state index in [4.69, 9.17) is 11.6 Å². The molecule has 2 N–H and O–H groups in total. The van der Waals surface area contributed by atoms with Crippen molar-refractivity contribution >= 4 is 29.3 Å². The number of halogens is 1. The van der Waals surface area contributed by atoms with Crippen LogP contribution in [0.2, 0.25) is 5.02 Å². The van der Waals surface area contributed by atoms with Crippen molar-refractivity contribution in [2.45, 2.75) is 26.3 Å². The summed E-state index contributed by atoms with van der Waals surface area (Å²) in [6.45, 7) is 4.03. The van der Waals surface area contributed by atoms with Gasteiger partial charge >= 0.3 is 0 Å². The topological polar surface area (TPSA) is 78.5 Å². The predicted octanol–water partition coefficient (Wildman–Crippen LogP) is 1.44. The van der Waals surface area contributed by atoms with E-state index in [1.807, 2.05) is 6.92 Å². The Kier molecular flexibility index (Phi) is 7.54. The van der Waals surface area contributed by atoms with Gasteiger partial charge in [0.25, 0.3) is 5.91 Å². The summed E-state index contributed by atoms with van der Waals surface area (Å²) in [4.78, 5) is 37.2. The van der Waals surface area contributed by atoms with Crippen molar-refractivity contribution in [1.29, 1.82) is 0 Å². The van der Waals surface area contributed by atoms with E-state index in [9.17, 15) is 14.4 Å². The summed E-state index contributed by atoms with van der Waals surface area (Å²) in [6, 6.07) is 5.83. The Morgan fingerprint density at radius 1 is 1.26 bits per heavy atom. The van der Waals surface area contributed by atoms with Crippen LogP contribution in [0.1, 0.15) is 30.6 Å². The molecular weight excluding hydrogens is 318 g/mol. The third-order valence-electron chi connectivity index (χ3n) is 3.17. The molecule has 0 aromatic heterocycles. The molecular formula is C16H22ClN3O3. The van der Waals surface area contributed by atoms with Crippen LogP contribution in [0.5, 0.6) is 0 Å². The van der Waals surface area contributed by atoms with Crippen molar-refractivity contribution < 1.29 is 14.4 Å². The number of nitrogens with zero attached hydrogens (tertiary/aromatic N) is 1. The minimum atomic E-state index is -0.761.